The minimum absolute atomic E-state index is 0.0180. The number of sulfonamides is 1. The number of methoxy groups -OCH3 is 1. The average molecular weight is 335 g/mol. The van der Waals surface area contributed by atoms with E-state index in [1.165, 1.54) is 13.2 Å². The third-order valence-electron chi connectivity index (χ3n) is 3.35. The number of halogens is 1. The molecule has 2 rings (SSSR count). The van der Waals surface area contributed by atoms with Crippen molar-refractivity contribution in [2.75, 3.05) is 20.3 Å². The van der Waals surface area contributed by atoms with Crippen LogP contribution < -0.4 is 15.2 Å². The van der Waals surface area contributed by atoms with Crippen LogP contribution in [-0.4, -0.2) is 34.8 Å². The van der Waals surface area contributed by atoms with Crippen molar-refractivity contribution in [2.45, 2.75) is 30.3 Å². The van der Waals surface area contributed by atoms with Gasteiger partial charge in [0.2, 0.25) is 10.0 Å². The zero-order valence-corrected chi connectivity index (χ0v) is 13.3. The molecular weight excluding hydrogens is 316 g/mol. The number of hydrogen-bond donors (Lipinski definition) is 2. The maximum Gasteiger partial charge on any atom is 0.244 e. The first-order valence-electron chi connectivity index (χ1n) is 6.64. The van der Waals surface area contributed by atoms with Crippen LogP contribution in [0.25, 0.3) is 0 Å². The Labute approximate surface area is 129 Å². The lowest BCUT2D eigenvalue weighted by molar-refractivity contribution is 0.0832. The van der Waals surface area contributed by atoms with E-state index in [1.807, 2.05) is 0 Å². The summed E-state index contributed by atoms with van der Waals surface area (Å²) in [5.41, 5.74) is 6.17. The van der Waals surface area contributed by atoms with Crippen molar-refractivity contribution < 1.29 is 17.9 Å². The van der Waals surface area contributed by atoms with E-state index in [9.17, 15) is 8.42 Å². The second-order valence-corrected chi connectivity index (χ2v) is 6.93. The number of nitrogens with two attached hydrogens (primary N) is 1. The molecule has 6 nitrogen and oxygen atoms in total. The molecule has 1 fully saturated rings. The fourth-order valence-corrected chi connectivity index (χ4v) is 4.15. The molecule has 1 aliphatic rings. The van der Waals surface area contributed by atoms with Gasteiger partial charge in [-0.15, -0.1) is 0 Å². The lowest BCUT2D eigenvalue weighted by Gasteiger charge is -2.23. The molecule has 0 bridgehead atoms. The van der Waals surface area contributed by atoms with E-state index in [2.05, 4.69) is 4.72 Å². The van der Waals surface area contributed by atoms with Crippen LogP contribution in [0.1, 0.15) is 18.4 Å². The number of ether oxygens (including phenoxy) is 2. The number of rotatable bonds is 5. The molecule has 0 saturated carbocycles. The van der Waals surface area contributed by atoms with Gasteiger partial charge in [0.15, 0.2) is 0 Å². The first kappa shape index (κ1) is 16.5. The highest BCUT2D eigenvalue weighted by molar-refractivity contribution is 7.89. The molecule has 1 aromatic rings. The Hall–Kier alpha value is -0.860. The predicted molar refractivity (Wildman–Crippen MR) is 80.1 cm³/mol. The van der Waals surface area contributed by atoms with Crippen LogP contribution >= 0.6 is 11.6 Å². The molecule has 3 N–H and O–H groups in total. The first-order valence-corrected chi connectivity index (χ1v) is 8.50. The quantitative estimate of drug-likeness (QED) is 0.846. The van der Waals surface area contributed by atoms with E-state index in [1.54, 1.807) is 6.07 Å². The zero-order chi connectivity index (χ0) is 15.5. The fraction of sp³-hybridized carbons (Fsp3) is 0.538. The van der Waals surface area contributed by atoms with Gasteiger partial charge in [-0.05, 0) is 25.0 Å². The second kappa shape index (κ2) is 6.93. The van der Waals surface area contributed by atoms with Crippen LogP contribution in [0.5, 0.6) is 5.75 Å². The van der Waals surface area contributed by atoms with Crippen molar-refractivity contribution in [1.82, 2.24) is 4.72 Å². The summed E-state index contributed by atoms with van der Waals surface area (Å²) in [5, 5.41) is 0.309. The second-order valence-electron chi connectivity index (χ2n) is 4.81. The molecule has 8 heteroatoms. The smallest absolute Gasteiger partial charge is 0.244 e. The third-order valence-corrected chi connectivity index (χ3v) is 5.10. The molecule has 0 aliphatic carbocycles. The monoisotopic (exact) mass is 334 g/mol. The van der Waals surface area contributed by atoms with Gasteiger partial charge in [0, 0.05) is 36.4 Å². The van der Waals surface area contributed by atoms with Crippen molar-refractivity contribution >= 4 is 21.6 Å². The van der Waals surface area contributed by atoms with Gasteiger partial charge in [-0.2, -0.15) is 0 Å². The number of benzene rings is 1. The van der Waals surface area contributed by atoms with Gasteiger partial charge in [0.05, 0.1) is 7.11 Å². The number of nitrogens with one attached hydrogen (secondary N) is 1. The molecule has 0 spiro atoms. The topological polar surface area (TPSA) is 90.7 Å². The molecule has 1 heterocycles. The van der Waals surface area contributed by atoms with E-state index < -0.39 is 10.0 Å². The molecule has 1 aromatic carbocycles. The molecule has 118 valence electrons. The molecular formula is C13H19ClN2O4S. The summed E-state index contributed by atoms with van der Waals surface area (Å²) in [6.07, 6.45) is 1.29. The van der Waals surface area contributed by atoms with Gasteiger partial charge >= 0.3 is 0 Å². The molecule has 21 heavy (non-hydrogen) atoms. The molecule has 0 radical (unpaired) electrons. The molecule has 1 saturated heterocycles. The van der Waals surface area contributed by atoms with E-state index in [0.29, 0.717) is 36.6 Å². The summed E-state index contributed by atoms with van der Waals surface area (Å²) in [6, 6.07) is 2.84. The Kier molecular flexibility index (Phi) is 5.45. The van der Waals surface area contributed by atoms with Crippen LogP contribution in [0.4, 0.5) is 0 Å². The van der Waals surface area contributed by atoms with Gasteiger partial charge < -0.3 is 15.2 Å². The maximum atomic E-state index is 12.6. The standard InChI is InChI=1S/C13H19ClN2O4S/c1-19-13-9(8-15)6-10(14)7-12(13)21(17,18)16-11-2-4-20-5-3-11/h6-7,11,16H,2-5,8,15H2,1H3. The Morgan fingerprint density at radius 1 is 1.43 bits per heavy atom. The SMILES string of the molecule is COc1c(CN)cc(Cl)cc1S(=O)(=O)NC1CCOCC1. The van der Waals surface area contributed by atoms with E-state index in [-0.39, 0.29) is 23.2 Å². The van der Waals surface area contributed by atoms with Gasteiger partial charge in [-0.25, -0.2) is 13.1 Å². The van der Waals surface area contributed by atoms with Crippen molar-refractivity contribution in [3.63, 3.8) is 0 Å². The molecule has 1 aliphatic heterocycles. The highest BCUT2D eigenvalue weighted by Gasteiger charge is 2.26. The minimum Gasteiger partial charge on any atom is -0.495 e. The van der Waals surface area contributed by atoms with Crippen molar-refractivity contribution in [3.8, 4) is 5.75 Å². The van der Waals surface area contributed by atoms with E-state index >= 15 is 0 Å². The van der Waals surface area contributed by atoms with Gasteiger partial charge in [-0.3, -0.25) is 0 Å². The zero-order valence-electron chi connectivity index (χ0n) is 11.8. The Morgan fingerprint density at radius 2 is 2.10 bits per heavy atom. The van der Waals surface area contributed by atoms with Crippen LogP contribution in [0, 0.1) is 0 Å². The summed E-state index contributed by atoms with van der Waals surface area (Å²) in [4.78, 5) is 0.0180. The normalized spacial score (nSPS) is 16.9. The number of hydrogen-bond acceptors (Lipinski definition) is 5. The van der Waals surface area contributed by atoms with Crippen molar-refractivity contribution in [3.05, 3.63) is 22.7 Å². The summed E-state index contributed by atoms with van der Waals surface area (Å²) < 4.78 is 38.3. The molecule has 0 atom stereocenters. The maximum absolute atomic E-state index is 12.6. The summed E-state index contributed by atoms with van der Waals surface area (Å²) in [5.74, 6) is 0.237. The lowest BCUT2D eigenvalue weighted by Crippen LogP contribution is -2.39. The molecule has 0 aromatic heterocycles. The summed E-state index contributed by atoms with van der Waals surface area (Å²) in [6.45, 7) is 1.24. The van der Waals surface area contributed by atoms with Crippen LogP contribution in [0.15, 0.2) is 17.0 Å². The first-order chi connectivity index (χ1) is 9.97. The molecule has 0 amide bonds. The lowest BCUT2D eigenvalue weighted by atomic mass is 10.1. The van der Waals surface area contributed by atoms with E-state index in [4.69, 9.17) is 26.8 Å². The van der Waals surface area contributed by atoms with Crippen LogP contribution in [0.3, 0.4) is 0 Å². The highest BCUT2D eigenvalue weighted by atomic mass is 35.5. The predicted octanol–water partition coefficient (Wildman–Crippen LogP) is 1.26. The fourth-order valence-electron chi connectivity index (χ4n) is 2.30. The Bertz CT molecular complexity index is 600. The van der Waals surface area contributed by atoms with Gasteiger partial charge in [-0.1, -0.05) is 11.6 Å². The minimum atomic E-state index is -3.73. The summed E-state index contributed by atoms with van der Waals surface area (Å²) in [7, 11) is -2.32. The Balaban J connectivity index is 2.36. The highest BCUT2D eigenvalue weighted by Crippen LogP contribution is 2.32. The van der Waals surface area contributed by atoms with Crippen molar-refractivity contribution in [2.24, 2.45) is 5.73 Å². The van der Waals surface area contributed by atoms with Gasteiger partial charge in [0.1, 0.15) is 10.6 Å². The summed E-state index contributed by atoms with van der Waals surface area (Å²) >= 11 is 5.98. The Morgan fingerprint density at radius 3 is 2.67 bits per heavy atom. The van der Waals surface area contributed by atoms with Crippen LogP contribution in [0.2, 0.25) is 5.02 Å². The van der Waals surface area contributed by atoms with Gasteiger partial charge in [0.25, 0.3) is 0 Å². The van der Waals surface area contributed by atoms with Crippen LogP contribution in [-0.2, 0) is 21.3 Å². The average Bonchev–Trinajstić information content (AvgIpc) is 2.46. The molecule has 0 unspecified atom stereocenters. The largest absolute Gasteiger partial charge is 0.495 e. The third kappa shape index (κ3) is 3.87. The van der Waals surface area contributed by atoms with Crippen molar-refractivity contribution in [1.29, 1.82) is 0 Å². The van der Waals surface area contributed by atoms with E-state index in [0.717, 1.165) is 0 Å².